The fourth-order valence-corrected chi connectivity index (χ4v) is 4.59. The van der Waals surface area contributed by atoms with Crippen LogP contribution in [0.25, 0.3) is 11.3 Å². The van der Waals surface area contributed by atoms with Gasteiger partial charge in [0, 0.05) is 34.0 Å². The molecule has 0 bridgehead atoms. The molecule has 11 heteroatoms. The number of nitro groups is 1. The third-order valence-electron chi connectivity index (χ3n) is 5.79. The zero-order chi connectivity index (χ0) is 28.3. The molecule has 1 N–H and O–H groups in total. The van der Waals surface area contributed by atoms with Crippen LogP contribution in [0.4, 0.5) is 5.69 Å². The molecule has 0 aliphatic rings. The van der Waals surface area contributed by atoms with E-state index in [1.807, 2.05) is 41.8 Å². The lowest BCUT2D eigenvalue weighted by atomic mass is 10.1. The first-order valence-electron chi connectivity index (χ1n) is 12.4. The van der Waals surface area contributed by atoms with Gasteiger partial charge in [0.1, 0.15) is 22.2 Å². The molecule has 1 heterocycles. The first-order chi connectivity index (χ1) is 19.4. The van der Waals surface area contributed by atoms with Crippen LogP contribution in [0.3, 0.4) is 0 Å². The van der Waals surface area contributed by atoms with E-state index in [1.54, 1.807) is 18.2 Å². The summed E-state index contributed by atoms with van der Waals surface area (Å²) in [4.78, 5) is 31.2. The molecule has 0 unspecified atom stereocenters. The Balaban J connectivity index is 1.26. The molecule has 3 aromatic carbocycles. The second-order valence-corrected chi connectivity index (χ2v) is 10.0. The molecule has 206 valence electrons. The van der Waals surface area contributed by atoms with Gasteiger partial charge in [0.2, 0.25) is 0 Å². The number of carboxylic acids is 1. The minimum Gasteiger partial charge on any atom is -0.494 e. The van der Waals surface area contributed by atoms with E-state index in [0.717, 1.165) is 35.6 Å². The Morgan fingerprint density at radius 3 is 2.23 bits per heavy atom. The molecular weight excluding hydrogens is 554 g/mol. The van der Waals surface area contributed by atoms with Gasteiger partial charge in [-0.2, -0.15) is 0 Å². The number of nitro benzene ring substituents is 1. The summed E-state index contributed by atoms with van der Waals surface area (Å²) in [5, 5.41) is 24.0. The number of para-hydroxylation sites is 1. The molecular formula is C29H26ClN3O6S. The van der Waals surface area contributed by atoms with Crippen molar-refractivity contribution in [3.8, 4) is 22.8 Å². The summed E-state index contributed by atoms with van der Waals surface area (Å²) in [6, 6.07) is 20.9. The number of ether oxygens (including phenoxy) is 2. The van der Waals surface area contributed by atoms with Gasteiger partial charge in [0.25, 0.3) is 5.69 Å². The summed E-state index contributed by atoms with van der Waals surface area (Å²) < 4.78 is 11.5. The van der Waals surface area contributed by atoms with E-state index in [9.17, 15) is 20.0 Å². The first kappa shape index (κ1) is 28.7. The summed E-state index contributed by atoms with van der Waals surface area (Å²) in [5.41, 5.74) is 1.64. The summed E-state index contributed by atoms with van der Waals surface area (Å²) in [7, 11) is 0. The largest absolute Gasteiger partial charge is 0.494 e. The summed E-state index contributed by atoms with van der Waals surface area (Å²) in [6.45, 7) is 1.23. The van der Waals surface area contributed by atoms with E-state index in [0.29, 0.717) is 28.8 Å². The van der Waals surface area contributed by atoms with Crippen molar-refractivity contribution in [3.63, 3.8) is 0 Å². The normalized spacial score (nSPS) is 11.3. The predicted molar refractivity (Wildman–Crippen MR) is 155 cm³/mol. The van der Waals surface area contributed by atoms with Gasteiger partial charge < -0.3 is 14.6 Å². The van der Waals surface area contributed by atoms with Crippen molar-refractivity contribution in [1.82, 2.24) is 4.98 Å². The van der Waals surface area contributed by atoms with Crippen LogP contribution < -0.4 is 9.47 Å². The highest BCUT2D eigenvalue weighted by atomic mass is 35.5. The van der Waals surface area contributed by atoms with E-state index in [-0.39, 0.29) is 24.4 Å². The van der Waals surface area contributed by atoms with Crippen LogP contribution in [0.5, 0.6) is 11.5 Å². The van der Waals surface area contributed by atoms with Gasteiger partial charge >= 0.3 is 5.97 Å². The number of carboxylic acid groups (broad SMARTS) is 1. The number of unbranched alkanes of at least 4 members (excludes halogenated alkanes) is 1. The maximum Gasteiger partial charge on any atom is 0.350 e. The minimum atomic E-state index is -1.22. The number of thiazole rings is 1. The number of carbonyl (C=O) groups is 1. The Hall–Kier alpha value is -4.28. The van der Waals surface area contributed by atoms with Crippen molar-refractivity contribution in [3.05, 3.63) is 104 Å². The summed E-state index contributed by atoms with van der Waals surface area (Å²) in [6.07, 6.45) is 1.55. The Labute approximate surface area is 239 Å². The lowest BCUT2D eigenvalue weighted by Gasteiger charge is -2.08. The van der Waals surface area contributed by atoms with Crippen LogP contribution in [0.1, 0.15) is 23.4 Å². The van der Waals surface area contributed by atoms with Crippen LogP contribution in [0, 0.1) is 10.1 Å². The first-order valence-corrected chi connectivity index (χ1v) is 13.7. The summed E-state index contributed by atoms with van der Waals surface area (Å²) in [5.74, 6) is 0.321. The Bertz CT molecular complexity index is 1470. The molecule has 4 aromatic rings. The van der Waals surface area contributed by atoms with Gasteiger partial charge in [-0.05, 0) is 61.4 Å². The molecule has 0 radical (unpaired) electrons. The van der Waals surface area contributed by atoms with Gasteiger partial charge in [-0.25, -0.2) is 9.78 Å². The molecule has 1 aromatic heterocycles. The SMILES string of the molecule is O=C(O)C(Cc1ccccc1[N+](=O)[O-])=NCc1nc(-c2ccc(OCCCCOc3ccc(Cl)cc3)cc2)cs1. The van der Waals surface area contributed by atoms with Crippen LogP contribution in [0.2, 0.25) is 5.02 Å². The van der Waals surface area contributed by atoms with Gasteiger partial charge in [0.15, 0.2) is 0 Å². The number of hydrogen-bond donors (Lipinski definition) is 1. The lowest BCUT2D eigenvalue weighted by Crippen LogP contribution is -2.17. The van der Waals surface area contributed by atoms with Crippen molar-refractivity contribution in [2.24, 2.45) is 4.99 Å². The quantitative estimate of drug-likeness (QED) is 0.0747. The Morgan fingerprint density at radius 2 is 1.60 bits per heavy atom. The van der Waals surface area contributed by atoms with Crippen molar-refractivity contribution in [2.45, 2.75) is 25.8 Å². The summed E-state index contributed by atoms with van der Waals surface area (Å²) >= 11 is 7.24. The number of nitrogens with zero attached hydrogens (tertiary/aromatic N) is 3. The Kier molecular flexibility index (Phi) is 10.2. The molecule has 0 aliphatic heterocycles. The molecule has 0 aliphatic carbocycles. The van der Waals surface area contributed by atoms with E-state index in [2.05, 4.69) is 9.98 Å². The lowest BCUT2D eigenvalue weighted by molar-refractivity contribution is -0.385. The maximum atomic E-state index is 11.7. The van der Waals surface area contributed by atoms with Gasteiger partial charge in [-0.1, -0.05) is 29.8 Å². The number of aromatic nitrogens is 1. The highest BCUT2D eigenvalue weighted by molar-refractivity contribution is 7.09. The molecule has 0 fully saturated rings. The van der Waals surface area contributed by atoms with Gasteiger partial charge in [0.05, 0.1) is 30.4 Å². The molecule has 9 nitrogen and oxygen atoms in total. The van der Waals surface area contributed by atoms with Crippen molar-refractivity contribution < 1.29 is 24.3 Å². The third kappa shape index (κ3) is 8.36. The number of rotatable bonds is 14. The topological polar surface area (TPSA) is 124 Å². The van der Waals surface area contributed by atoms with Crippen LogP contribution in [-0.4, -0.2) is 39.9 Å². The monoisotopic (exact) mass is 579 g/mol. The van der Waals surface area contributed by atoms with Crippen molar-refractivity contribution in [1.29, 1.82) is 0 Å². The van der Waals surface area contributed by atoms with Crippen molar-refractivity contribution >= 4 is 40.3 Å². The molecule has 40 heavy (non-hydrogen) atoms. The fraction of sp³-hybridized carbons (Fsp3) is 0.207. The molecule has 0 atom stereocenters. The van der Waals surface area contributed by atoms with Crippen molar-refractivity contribution in [2.75, 3.05) is 13.2 Å². The number of hydrogen-bond acceptors (Lipinski definition) is 8. The van der Waals surface area contributed by atoms with Gasteiger partial charge in [-0.3, -0.25) is 15.1 Å². The Morgan fingerprint density at radius 1 is 0.975 bits per heavy atom. The molecule has 0 saturated carbocycles. The van der Waals surface area contributed by atoms with E-state index < -0.39 is 10.9 Å². The van der Waals surface area contributed by atoms with Gasteiger partial charge in [-0.15, -0.1) is 11.3 Å². The minimum absolute atomic E-state index is 0.0653. The molecule has 0 spiro atoms. The average molecular weight is 580 g/mol. The zero-order valence-electron chi connectivity index (χ0n) is 21.4. The second-order valence-electron chi connectivity index (χ2n) is 8.64. The fourth-order valence-electron chi connectivity index (χ4n) is 3.73. The van der Waals surface area contributed by atoms with E-state index in [4.69, 9.17) is 21.1 Å². The van der Waals surface area contributed by atoms with Crippen LogP contribution in [0.15, 0.2) is 83.2 Å². The third-order valence-corrected chi connectivity index (χ3v) is 6.88. The van der Waals surface area contributed by atoms with Crippen LogP contribution >= 0.6 is 22.9 Å². The van der Waals surface area contributed by atoms with E-state index in [1.165, 1.54) is 29.5 Å². The smallest absolute Gasteiger partial charge is 0.350 e. The molecule has 0 amide bonds. The average Bonchev–Trinajstić information content (AvgIpc) is 3.43. The zero-order valence-corrected chi connectivity index (χ0v) is 22.9. The number of halogens is 1. The predicted octanol–water partition coefficient (Wildman–Crippen LogP) is 6.88. The molecule has 0 saturated heterocycles. The second kappa shape index (κ2) is 14.2. The van der Waals surface area contributed by atoms with E-state index >= 15 is 0 Å². The number of aliphatic imine (C=N–C) groups is 1. The molecule has 4 rings (SSSR count). The van der Waals surface area contributed by atoms with Crippen LogP contribution in [-0.2, 0) is 17.8 Å². The highest BCUT2D eigenvalue weighted by Gasteiger charge is 2.18. The highest BCUT2D eigenvalue weighted by Crippen LogP contribution is 2.25. The number of benzene rings is 3. The number of aliphatic carboxylic acids is 1. The standard InChI is InChI=1S/C29H26ClN3O6S/c30-22-9-13-24(14-10-22)39-16-4-3-15-38-23-11-7-20(8-12-23)26-19-40-28(32-26)18-31-25(29(34)35)17-21-5-1-2-6-27(21)33(36)37/h1-2,5-14,19H,3-4,15-18H2,(H,34,35). The maximum absolute atomic E-state index is 11.7.